The molecule has 1 amide bonds. The quantitative estimate of drug-likeness (QED) is 0.665. The second-order valence-electron chi connectivity index (χ2n) is 4.79. The molecular weight excluding hydrogens is 272 g/mol. The first-order valence-electron chi connectivity index (χ1n) is 6.65. The number of nitrogens with one attached hydrogen (secondary N) is 2. The highest BCUT2D eigenvalue weighted by molar-refractivity contribution is 5.78. The lowest BCUT2D eigenvalue weighted by Crippen LogP contribution is -2.33. The number of carbonyl (C=O) groups is 1. The molecule has 0 bridgehead atoms. The van der Waals surface area contributed by atoms with Gasteiger partial charge in [-0.3, -0.25) is 14.3 Å². The Hall–Kier alpha value is -2.64. The minimum absolute atomic E-state index is 0.0725. The topological polar surface area (TPSA) is 119 Å². The molecule has 0 radical (unpaired) electrons. The molecule has 2 heterocycles. The van der Waals surface area contributed by atoms with E-state index in [2.05, 4.69) is 20.4 Å². The number of carbonyl (C=O) groups excluding carboxylic acids is 1. The molecule has 4 N–H and O–H groups in total. The van der Waals surface area contributed by atoms with Crippen LogP contribution in [-0.4, -0.2) is 32.2 Å². The third-order valence-corrected chi connectivity index (χ3v) is 2.94. The van der Waals surface area contributed by atoms with Crippen LogP contribution in [-0.2, 0) is 17.8 Å². The number of aromatic nitrogens is 4. The van der Waals surface area contributed by atoms with Gasteiger partial charge in [-0.1, -0.05) is 6.92 Å². The van der Waals surface area contributed by atoms with Crippen molar-refractivity contribution in [3.05, 3.63) is 40.7 Å². The highest BCUT2D eigenvalue weighted by Crippen LogP contribution is 2.00. The molecule has 0 aliphatic carbocycles. The average Bonchev–Trinajstić information content (AvgIpc) is 2.90. The molecule has 2 aromatic rings. The fourth-order valence-corrected chi connectivity index (χ4v) is 1.90. The van der Waals surface area contributed by atoms with Crippen molar-refractivity contribution in [1.29, 1.82) is 0 Å². The molecule has 0 aliphatic rings. The van der Waals surface area contributed by atoms with Crippen LogP contribution in [0.1, 0.15) is 12.7 Å². The van der Waals surface area contributed by atoms with Crippen molar-refractivity contribution >= 4 is 11.7 Å². The number of amides is 1. The molecule has 1 unspecified atom stereocenters. The van der Waals surface area contributed by atoms with Crippen LogP contribution in [0.2, 0.25) is 0 Å². The molecule has 1 atom stereocenters. The van der Waals surface area contributed by atoms with Crippen LogP contribution < -0.4 is 16.6 Å². The Balaban J connectivity index is 1.79. The molecule has 8 heteroatoms. The van der Waals surface area contributed by atoms with E-state index < -0.39 is 0 Å². The summed E-state index contributed by atoms with van der Waals surface area (Å²) in [5.74, 6) is 0.363. The van der Waals surface area contributed by atoms with Gasteiger partial charge in [0.25, 0.3) is 5.56 Å². The predicted octanol–water partition coefficient (Wildman–Crippen LogP) is -0.456. The molecule has 112 valence electrons. The lowest BCUT2D eigenvalue weighted by atomic mass is 10.1. The second kappa shape index (κ2) is 6.69. The zero-order valence-electron chi connectivity index (χ0n) is 11.7. The maximum atomic E-state index is 11.9. The highest BCUT2D eigenvalue weighted by atomic mass is 16.2. The van der Waals surface area contributed by atoms with E-state index >= 15 is 0 Å². The standard InChI is InChI=1S/C13H18N6O2/c1-9(8-19-6-2-4-16-19)13(21)15-5-3-11-17-10(14)7-12(20)18-11/h2,4,6-7,9H,3,5,8H2,1H3,(H,15,21)(H3,14,17,18,20). The molecule has 0 spiro atoms. The fourth-order valence-electron chi connectivity index (χ4n) is 1.90. The van der Waals surface area contributed by atoms with Crippen LogP contribution in [0.25, 0.3) is 0 Å². The molecule has 21 heavy (non-hydrogen) atoms. The number of nitrogens with zero attached hydrogens (tertiary/aromatic N) is 3. The van der Waals surface area contributed by atoms with Crippen molar-refractivity contribution in [2.75, 3.05) is 12.3 Å². The Morgan fingerprint density at radius 3 is 3.05 bits per heavy atom. The summed E-state index contributed by atoms with van der Waals surface area (Å²) in [6.45, 7) is 2.73. The number of aromatic amines is 1. The number of anilines is 1. The van der Waals surface area contributed by atoms with Crippen molar-refractivity contribution in [2.45, 2.75) is 19.9 Å². The predicted molar refractivity (Wildman–Crippen MR) is 77.4 cm³/mol. The minimum atomic E-state index is -0.295. The third kappa shape index (κ3) is 4.44. The summed E-state index contributed by atoms with van der Waals surface area (Å²) in [6.07, 6.45) is 3.90. The van der Waals surface area contributed by atoms with E-state index in [4.69, 9.17) is 5.73 Å². The SMILES string of the molecule is CC(Cn1cccn1)C(=O)NCCc1nc(N)cc(=O)[nH]1. The maximum Gasteiger partial charge on any atom is 0.252 e. The van der Waals surface area contributed by atoms with Crippen molar-refractivity contribution in [1.82, 2.24) is 25.1 Å². The van der Waals surface area contributed by atoms with Gasteiger partial charge in [-0.05, 0) is 6.07 Å². The molecule has 8 nitrogen and oxygen atoms in total. The molecule has 0 aliphatic heterocycles. The molecule has 0 saturated carbocycles. The van der Waals surface area contributed by atoms with Gasteiger partial charge < -0.3 is 16.0 Å². The first-order valence-corrected chi connectivity index (χ1v) is 6.65. The Morgan fingerprint density at radius 1 is 1.57 bits per heavy atom. The summed E-state index contributed by atoms with van der Waals surface area (Å²) in [5.41, 5.74) is 5.19. The monoisotopic (exact) mass is 290 g/mol. The lowest BCUT2D eigenvalue weighted by Gasteiger charge is -2.12. The molecule has 0 aromatic carbocycles. The number of nitrogen functional groups attached to an aromatic ring is 1. The Labute approximate surface area is 121 Å². The smallest absolute Gasteiger partial charge is 0.252 e. The van der Waals surface area contributed by atoms with Gasteiger partial charge in [0.15, 0.2) is 0 Å². The highest BCUT2D eigenvalue weighted by Gasteiger charge is 2.13. The zero-order chi connectivity index (χ0) is 15.2. The Morgan fingerprint density at radius 2 is 2.38 bits per heavy atom. The van der Waals surface area contributed by atoms with E-state index in [0.29, 0.717) is 25.3 Å². The molecule has 0 fully saturated rings. The van der Waals surface area contributed by atoms with Gasteiger partial charge in [0.2, 0.25) is 5.91 Å². The Kier molecular flexibility index (Phi) is 4.70. The van der Waals surface area contributed by atoms with Gasteiger partial charge in [0.1, 0.15) is 11.6 Å². The van der Waals surface area contributed by atoms with Crippen LogP contribution in [0.3, 0.4) is 0 Å². The number of nitrogens with two attached hydrogens (primary N) is 1. The van der Waals surface area contributed by atoms with Crippen LogP contribution in [0.5, 0.6) is 0 Å². The summed E-state index contributed by atoms with van der Waals surface area (Å²) < 4.78 is 1.71. The van der Waals surface area contributed by atoms with Gasteiger partial charge in [0.05, 0.1) is 12.5 Å². The van der Waals surface area contributed by atoms with Gasteiger partial charge in [-0.2, -0.15) is 5.10 Å². The summed E-state index contributed by atoms with van der Waals surface area (Å²) in [6, 6.07) is 3.03. The number of hydrogen-bond acceptors (Lipinski definition) is 5. The normalized spacial score (nSPS) is 12.0. The zero-order valence-corrected chi connectivity index (χ0v) is 11.7. The van der Waals surface area contributed by atoms with Gasteiger partial charge in [0, 0.05) is 31.4 Å². The first kappa shape index (κ1) is 14.8. The van der Waals surface area contributed by atoms with Crippen molar-refractivity contribution in [2.24, 2.45) is 5.92 Å². The number of rotatable bonds is 6. The average molecular weight is 290 g/mol. The van der Waals surface area contributed by atoms with Crippen LogP contribution in [0, 0.1) is 5.92 Å². The lowest BCUT2D eigenvalue weighted by molar-refractivity contribution is -0.124. The van der Waals surface area contributed by atoms with E-state index in [0.717, 1.165) is 0 Å². The summed E-state index contributed by atoms with van der Waals surface area (Å²) >= 11 is 0. The fraction of sp³-hybridized carbons (Fsp3) is 0.385. The number of hydrogen-bond donors (Lipinski definition) is 3. The summed E-state index contributed by atoms with van der Waals surface area (Å²) in [7, 11) is 0. The first-order chi connectivity index (χ1) is 10.0. The van der Waals surface area contributed by atoms with Crippen LogP contribution in [0.15, 0.2) is 29.3 Å². The molecule has 0 saturated heterocycles. The van der Waals surface area contributed by atoms with Crippen LogP contribution in [0.4, 0.5) is 5.82 Å². The molecule has 2 rings (SSSR count). The second-order valence-corrected chi connectivity index (χ2v) is 4.79. The van der Waals surface area contributed by atoms with Crippen molar-refractivity contribution in [3.8, 4) is 0 Å². The summed E-state index contributed by atoms with van der Waals surface area (Å²) in [4.78, 5) is 29.7. The van der Waals surface area contributed by atoms with E-state index in [1.54, 1.807) is 10.9 Å². The van der Waals surface area contributed by atoms with E-state index in [1.807, 2.05) is 19.2 Å². The van der Waals surface area contributed by atoms with E-state index in [1.165, 1.54) is 6.07 Å². The third-order valence-electron chi connectivity index (χ3n) is 2.94. The van der Waals surface area contributed by atoms with Crippen LogP contribution >= 0.6 is 0 Å². The van der Waals surface area contributed by atoms with Crippen molar-refractivity contribution < 1.29 is 4.79 Å². The molecular formula is C13H18N6O2. The number of H-pyrrole nitrogens is 1. The maximum absolute atomic E-state index is 11.9. The van der Waals surface area contributed by atoms with Crippen molar-refractivity contribution in [3.63, 3.8) is 0 Å². The van der Waals surface area contributed by atoms with Gasteiger partial charge >= 0.3 is 0 Å². The van der Waals surface area contributed by atoms with E-state index in [-0.39, 0.29) is 23.2 Å². The largest absolute Gasteiger partial charge is 0.383 e. The minimum Gasteiger partial charge on any atom is -0.383 e. The van der Waals surface area contributed by atoms with Gasteiger partial charge in [-0.15, -0.1) is 0 Å². The van der Waals surface area contributed by atoms with E-state index in [9.17, 15) is 9.59 Å². The Bertz CT molecular complexity index is 649. The van der Waals surface area contributed by atoms with Gasteiger partial charge in [-0.25, -0.2) is 4.98 Å². The summed E-state index contributed by atoms with van der Waals surface area (Å²) in [5, 5.41) is 6.86. The molecule has 2 aromatic heterocycles.